The molecule has 7 heteroatoms. The minimum atomic E-state index is -0.456. The second kappa shape index (κ2) is 7.83. The summed E-state index contributed by atoms with van der Waals surface area (Å²) in [5, 5.41) is 18.7. The summed E-state index contributed by atoms with van der Waals surface area (Å²) in [4.78, 5) is 16.6. The van der Waals surface area contributed by atoms with Crippen LogP contribution in [-0.2, 0) is 11.2 Å². The third kappa shape index (κ3) is 4.03. The Morgan fingerprint density at radius 3 is 2.68 bits per heavy atom. The summed E-state index contributed by atoms with van der Waals surface area (Å²) in [5.41, 5.74) is 0. The molecular weight excluding hydrogens is 320 g/mol. The molecule has 1 amide bonds. The Labute approximate surface area is 149 Å². The summed E-state index contributed by atoms with van der Waals surface area (Å²) in [7, 11) is 1.80. The molecule has 0 spiro atoms. The highest BCUT2D eigenvalue weighted by Gasteiger charge is 2.41. The van der Waals surface area contributed by atoms with Crippen molar-refractivity contribution in [1.29, 1.82) is 0 Å². The van der Waals surface area contributed by atoms with E-state index in [2.05, 4.69) is 15.1 Å². The lowest BCUT2D eigenvalue weighted by Gasteiger charge is -2.32. The summed E-state index contributed by atoms with van der Waals surface area (Å²) < 4.78 is 5.56. The molecular formula is C18H30N4O3. The van der Waals surface area contributed by atoms with Crippen molar-refractivity contribution in [2.75, 3.05) is 20.1 Å². The molecule has 25 heavy (non-hydrogen) atoms. The number of rotatable bonds is 6. The summed E-state index contributed by atoms with van der Waals surface area (Å²) in [6.07, 6.45) is 4.57. The van der Waals surface area contributed by atoms with Crippen molar-refractivity contribution >= 4 is 5.91 Å². The SMILES string of the molecule is CC(C)c1nnc(CCC(=O)N(C)[C@@H]2CC[C@@H](N3CCCC3)[C@@H]2O)o1. The smallest absolute Gasteiger partial charge is 0.223 e. The molecule has 1 saturated carbocycles. The zero-order valence-corrected chi connectivity index (χ0v) is 15.5. The van der Waals surface area contributed by atoms with E-state index in [1.165, 1.54) is 12.8 Å². The maximum absolute atomic E-state index is 12.5. The van der Waals surface area contributed by atoms with Crippen molar-refractivity contribution < 1.29 is 14.3 Å². The van der Waals surface area contributed by atoms with Crippen LogP contribution >= 0.6 is 0 Å². The molecule has 2 heterocycles. The van der Waals surface area contributed by atoms with Gasteiger partial charge in [-0.25, -0.2) is 0 Å². The Morgan fingerprint density at radius 1 is 1.32 bits per heavy atom. The monoisotopic (exact) mass is 350 g/mol. The number of hydrogen-bond acceptors (Lipinski definition) is 6. The van der Waals surface area contributed by atoms with Gasteiger partial charge in [-0.05, 0) is 38.8 Å². The molecule has 140 valence electrons. The Morgan fingerprint density at radius 2 is 2.04 bits per heavy atom. The Hall–Kier alpha value is -1.47. The number of aryl methyl sites for hydroxylation is 1. The largest absolute Gasteiger partial charge is 0.425 e. The van der Waals surface area contributed by atoms with E-state index < -0.39 is 6.10 Å². The first-order chi connectivity index (χ1) is 12.0. The molecule has 2 aliphatic rings. The van der Waals surface area contributed by atoms with Crippen LogP contribution in [0.4, 0.5) is 0 Å². The molecule has 1 saturated heterocycles. The van der Waals surface area contributed by atoms with Crippen molar-refractivity contribution in [3.63, 3.8) is 0 Å². The molecule has 3 rings (SSSR count). The van der Waals surface area contributed by atoms with Crippen LogP contribution in [0.2, 0.25) is 0 Å². The maximum atomic E-state index is 12.5. The van der Waals surface area contributed by atoms with E-state index in [0.717, 1.165) is 25.9 Å². The van der Waals surface area contributed by atoms with E-state index >= 15 is 0 Å². The number of hydrogen-bond donors (Lipinski definition) is 1. The molecule has 7 nitrogen and oxygen atoms in total. The van der Waals surface area contributed by atoms with E-state index in [-0.39, 0.29) is 23.9 Å². The number of carbonyl (C=O) groups is 1. The number of nitrogens with zero attached hydrogens (tertiary/aromatic N) is 4. The van der Waals surface area contributed by atoms with Gasteiger partial charge in [0.05, 0.1) is 12.1 Å². The lowest BCUT2D eigenvalue weighted by molar-refractivity contribution is -0.134. The van der Waals surface area contributed by atoms with Crippen molar-refractivity contribution in [2.24, 2.45) is 0 Å². The Balaban J connectivity index is 1.51. The van der Waals surface area contributed by atoms with Crippen molar-refractivity contribution in [3.05, 3.63) is 11.8 Å². The number of amides is 1. The first-order valence-electron chi connectivity index (χ1n) is 9.47. The molecule has 0 radical (unpaired) electrons. The van der Waals surface area contributed by atoms with Crippen LogP contribution in [0, 0.1) is 0 Å². The van der Waals surface area contributed by atoms with Gasteiger partial charge in [0.2, 0.25) is 17.7 Å². The van der Waals surface area contributed by atoms with Crippen LogP contribution in [-0.4, -0.2) is 69.3 Å². The molecule has 1 N–H and O–H groups in total. The number of aliphatic hydroxyl groups excluding tert-OH is 1. The third-order valence-electron chi connectivity index (χ3n) is 5.58. The predicted molar refractivity (Wildman–Crippen MR) is 93.1 cm³/mol. The van der Waals surface area contributed by atoms with Crippen molar-refractivity contribution in [2.45, 2.75) is 76.5 Å². The van der Waals surface area contributed by atoms with Gasteiger partial charge in [-0.15, -0.1) is 10.2 Å². The van der Waals surface area contributed by atoms with Crippen LogP contribution in [0.15, 0.2) is 4.42 Å². The third-order valence-corrected chi connectivity index (χ3v) is 5.58. The average Bonchev–Trinajstić information content (AvgIpc) is 3.32. The van der Waals surface area contributed by atoms with Gasteiger partial charge in [0.1, 0.15) is 0 Å². The Bertz CT molecular complexity index is 583. The number of carbonyl (C=O) groups excluding carboxylic acids is 1. The van der Waals surface area contributed by atoms with E-state index in [4.69, 9.17) is 4.42 Å². The summed E-state index contributed by atoms with van der Waals surface area (Å²) in [5.74, 6) is 1.33. The van der Waals surface area contributed by atoms with Gasteiger partial charge in [0, 0.05) is 31.8 Å². The molecule has 1 aliphatic heterocycles. The first kappa shape index (κ1) is 18.3. The van der Waals surface area contributed by atoms with E-state index in [1.54, 1.807) is 11.9 Å². The number of likely N-dealkylation sites (tertiary alicyclic amines) is 1. The molecule has 0 bridgehead atoms. The summed E-state index contributed by atoms with van der Waals surface area (Å²) >= 11 is 0. The van der Waals surface area contributed by atoms with Crippen LogP contribution < -0.4 is 0 Å². The highest BCUT2D eigenvalue weighted by atomic mass is 16.4. The molecule has 0 aromatic carbocycles. The van der Waals surface area contributed by atoms with Gasteiger partial charge in [-0.1, -0.05) is 13.8 Å². The van der Waals surface area contributed by atoms with Crippen LogP contribution in [0.3, 0.4) is 0 Å². The van der Waals surface area contributed by atoms with Crippen molar-refractivity contribution in [3.8, 4) is 0 Å². The predicted octanol–water partition coefficient (Wildman–Crippen LogP) is 1.57. The van der Waals surface area contributed by atoms with E-state index in [0.29, 0.717) is 24.6 Å². The average molecular weight is 350 g/mol. The molecule has 1 aromatic heterocycles. The zero-order valence-electron chi connectivity index (χ0n) is 15.5. The Kier molecular flexibility index (Phi) is 5.74. The lowest BCUT2D eigenvalue weighted by Crippen LogP contribution is -2.48. The quantitative estimate of drug-likeness (QED) is 0.839. The fourth-order valence-corrected chi connectivity index (χ4v) is 4.01. The second-order valence-electron chi connectivity index (χ2n) is 7.64. The topological polar surface area (TPSA) is 82.7 Å². The van der Waals surface area contributed by atoms with Gasteiger partial charge in [0.15, 0.2) is 0 Å². The second-order valence-corrected chi connectivity index (χ2v) is 7.64. The standard InChI is InChI=1S/C18H30N4O3/c1-12(2)18-20-19-15(25-18)8-9-16(23)21(3)13-6-7-14(17(13)24)22-10-4-5-11-22/h12-14,17,24H,4-11H2,1-3H3/t13-,14-,17-/m1/s1. The molecule has 1 aromatic rings. The van der Waals surface area contributed by atoms with Crippen molar-refractivity contribution in [1.82, 2.24) is 20.0 Å². The number of aromatic nitrogens is 2. The lowest BCUT2D eigenvalue weighted by atomic mass is 10.1. The molecule has 2 fully saturated rings. The van der Waals surface area contributed by atoms with Gasteiger partial charge in [-0.3, -0.25) is 9.69 Å². The summed E-state index contributed by atoms with van der Waals surface area (Å²) in [6.45, 7) is 6.13. The number of aliphatic hydroxyl groups is 1. The first-order valence-corrected chi connectivity index (χ1v) is 9.47. The normalized spacial score (nSPS) is 27.3. The summed E-state index contributed by atoms with van der Waals surface area (Å²) in [6, 6.07) is 0.110. The minimum Gasteiger partial charge on any atom is -0.425 e. The van der Waals surface area contributed by atoms with Crippen LogP contribution in [0.5, 0.6) is 0 Å². The maximum Gasteiger partial charge on any atom is 0.223 e. The van der Waals surface area contributed by atoms with Gasteiger partial charge >= 0.3 is 0 Å². The van der Waals surface area contributed by atoms with Gasteiger partial charge in [-0.2, -0.15) is 0 Å². The molecule has 0 unspecified atom stereocenters. The zero-order chi connectivity index (χ0) is 18.0. The van der Waals surface area contributed by atoms with Crippen LogP contribution in [0.1, 0.15) is 63.7 Å². The van der Waals surface area contributed by atoms with Crippen LogP contribution in [0.25, 0.3) is 0 Å². The fourth-order valence-electron chi connectivity index (χ4n) is 4.01. The van der Waals surface area contributed by atoms with Gasteiger partial charge < -0.3 is 14.4 Å². The minimum absolute atomic E-state index is 0.0235. The number of likely N-dealkylation sites (N-methyl/N-ethyl adjacent to an activating group) is 1. The van der Waals surface area contributed by atoms with Gasteiger partial charge in [0.25, 0.3) is 0 Å². The molecule has 1 aliphatic carbocycles. The highest BCUT2D eigenvalue weighted by Crippen LogP contribution is 2.30. The van der Waals surface area contributed by atoms with E-state index in [9.17, 15) is 9.90 Å². The van der Waals surface area contributed by atoms with E-state index in [1.807, 2.05) is 13.8 Å². The fraction of sp³-hybridized carbons (Fsp3) is 0.833. The molecule has 3 atom stereocenters. The highest BCUT2D eigenvalue weighted by molar-refractivity contribution is 5.76.